The molecule has 0 aliphatic carbocycles. The maximum Gasteiger partial charge on any atom is 0.340 e. The first-order valence-corrected chi connectivity index (χ1v) is 11.1. The molecule has 1 fully saturated rings. The van der Waals surface area contributed by atoms with Gasteiger partial charge in [-0.05, 0) is 30.3 Å². The first-order valence-electron chi connectivity index (χ1n) is 8.88. The number of anilines is 1. The van der Waals surface area contributed by atoms with Crippen LogP contribution in [-0.4, -0.2) is 57.5 Å². The Morgan fingerprint density at radius 1 is 1.10 bits per heavy atom. The fourth-order valence-electron chi connectivity index (χ4n) is 2.74. The quantitative estimate of drug-likeness (QED) is 0.648. The third-order valence-corrected chi connectivity index (χ3v) is 6.95. The normalized spacial score (nSPS) is 14.9. The van der Waals surface area contributed by atoms with Gasteiger partial charge in [-0.1, -0.05) is 35.3 Å². The lowest BCUT2D eigenvalue weighted by Gasteiger charge is -2.26. The van der Waals surface area contributed by atoms with E-state index in [1.54, 1.807) is 0 Å². The summed E-state index contributed by atoms with van der Waals surface area (Å²) in [5.41, 5.74) is 0.293. The molecular formula is C19H18Cl2N2O6S. The minimum atomic E-state index is -3.70. The van der Waals surface area contributed by atoms with Crippen LogP contribution in [0.25, 0.3) is 0 Å². The van der Waals surface area contributed by atoms with Crippen LogP contribution in [0.15, 0.2) is 47.4 Å². The zero-order valence-corrected chi connectivity index (χ0v) is 18.0. The molecule has 0 spiro atoms. The summed E-state index contributed by atoms with van der Waals surface area (Å²) in [6, 6.07) is 10.3. The summed E-state index contributed by atoms with van der Waals surface area (Å²) in [4.78, 5) is 24.3. The number of halogens is 2. The van der Waals surface area contributed by atoms with Gasteiger partial charge in [0.15, 0.2) is 6.61 Å². The smallest absolute Gasteiger partial charge is 0.340 e. The fourth-order valence-corrected chi connectivity index (χ4v) is 4.57. The second-order valence-electron chi connectivity index (χ2n) is 6.27. The van der Waals surface area contributed by atoms with Crippen molar-refractivity contribution in [1.29, 1.82) is 0 Å². The van der Waals surface area contributed by atoms with Crippen LogP contribution >= 0.6 is 23.2 Å². The van der Waals surface area contributed by atoms with E-state index in [0.717, 1.165) is 0 Å². The van der Waals surface area contributed by atoms with Gasteiger partial charge < -0.3 is 14.8 Å². The van der Waals surface area contributed by atoms with Crippen LogP contribution in [0.5, 0.6) is 0 Å². The van der Waals surface area contributed by atoms with E-state index in [1.807, 2.05) is 0 Å². The zero-order chi connectivity index (χ0) is 21.7. The Morgan fingerprint density at radius 2 is 1.80 bits per heavy atom. The molecule has 0 saturated carbocycles. The lowest BCUT2D eigenvalue weighted by Crippen LogP contribution is -2.40. The van der Waals surface area contributed by atoms with Gasteiger partial charge in [0.25, 0.3) is 5.91 Å². The van der Waals surface area contributed by atoms with Crippen molar-refractivity contribution in [2.24, 2.45) is 0 Å². The van der Waals surface area contributed by atoms with E-state index < -0.39 is 28.5 Å². The highest BCUT2D eigenvalue weighted by Crippen LogP contribution is 2.26. The molecule has 1 aliphatic rings. The molecule has 1 N–H and O–H groups in total. The van der Waals surface area contributed by atoms with Crippen LogP contribution in [0.4, 0.5) is 5.69 Å². The summed E-state index contributed by atoms with van der Waals surface area (Å²) < 4.78 is 36.9. The van der Waals surface area contributed by atoms with Gasteiger partial charge in [-0.15, -0.1) is 0 Å². The predicted octanol–water partition coefficient (Wildman–Crippen LogP) is 2.81. The molecule has 2 aromatic carbocycles. The SMILES string of the molecule is O=C(COC(=O)c1cccc(Cl)c1Cl)Nc1cccc(S(=O)(=O)N2CCOCC2)c1. The minimum absolute atomic E-state index is 0.0330. The third kappa shape index (κ3) is 5.30. The topological polar surface area (TPSA) is 102 Å². The first-order chi connectivity index (χ1) is 14.3. The number of carbonyl (C=O) groups excluding carboxylic acids is 2. The van der Waals surface area contributed by atoms with Crippen LogP contribution in [0.1, 0.15) is 10.4 Å². The highest BCUT2D eigenvalue weighted by atomic mass is 35.5. The van der Waals surface area contributed by atoms with Gasteiger partial charge in [0.1, 0.15) is 0 Å². The van der Waals surface area contributed by atoms with Crippen molar-refractivity contribution in [3.63, 3.8) is 0 Å². The lowest BCUT2D eigenvalue weighted by molar-refractivity contribution is -0.119. The monoisotopic (exact) mass is 472 g/mol. The number of rotatable bonds is 6. The van der Waals surface area contributed by atoms with Gasteiger partial charge in [0.05, 0.1) is 33.7 Å². The second kappa shape index (κ2) is 9.76. The van der Waals surface area contributed by atoms with Crippen molar-refractivity contribution in [3.8, 4) is 0 Å². The second-order valence-corrected chi connectivity index (χ2v) is 8.99. The van der Waals surface area contributed by atoms with E-state index >= 15 is 0 Å². The van der Waals surface area contributed by atoms with Gasteiger partial charge in [0, 0.05) is 18.8 Å². The van der Waals surface area contributed by atoms with Gasteiger partial charge in [-0.2, -0.15) is 4.31 Å². The number of nitrogens with one attached hydrogen (secondary N) is 1. The summed E-state index contributed by atoms with van der Waals surface area (Å²) in [6.45, 7) is 0.610. The number of esters is 1. The molecule has 30 heavy (non-hydrogen) atoms. The Labute approximate surface area is 183 Å². The number of carbonyl (C=O) groups is 2. The van der Waals surface area contributed by atoms with E-state index in [-0.39, 0.29) is 39.3 Å². The zero-order valence-electron chi connectivity index (χ0n) is 15.6. The summed E-state index contributed by atoms with van der Waals surface area (Å²) >= 11 is 11.8. The number of ether oxygens (including phenoxy) is 2. The fraction of sp³-hybridized carbons (Fsp3) is 0.263. The number of sulfonamides is 1. The number of amides is 1. The molecule has 1 heterocycles. The molecule has 0 radical (unpaired) electrons. The number of hydrogen-bond donors (Lipinski definition) is 1. The number of benzene rings is 2. The molecule has 11 heteroatoms. The Hall–Kier alpha value is -2.17. The van der Waals surface area contributed by atoms with Crippen molar-refractivity contribution in [1.82, 2.24) is 4.31 Å². The molecule has 1 amide bonds. The third-order valence-electron chi connectivity index (χ3n) is 4.23. The predicted molar refractivity (Wildman–Crippen MR) is 111 cm³/mol. The molecule has 0 atom stereocenters. The van der Waals surface area contributed by atoms with Gasteiger partial charge in [0.2, 0.25) is 10.0 Å². The van der Waals surface area contributed by atoms with Crippen molar-refractivity contribution in [2.45, 2.75) is 4.90 Å². The van der Waals surface area contributed by atoms with Crippen LogP contribution < -0.4 is 5.32 Å². The molecule has 0 bridgehead atoms. The summed E-state index contributed by atoms with van der Waals surface area (Å²) in [5.74, 6) is -1.44. The van der Waals surface area contributed by atoms with Crippen LogP contribution in [-0.2, 0) is 24.3 Å². The number of morpholine rings is 1. The van der Waals surface area contributed by atoms with Crippen molar-refractivity contribution in [3.05, 3.63) is 58.1 Å². The highest BCUT2D eigenvalue weighted by molar-refractivity contribution is 7.89. The summed E-state index contributed by atoms with van der Waals surface area (Å²) in [5, 5.41) is 2.73. The van der Waals surface area contributed by atoms with E-state index in [2.05, 4.69) is 5.32 Å². The van der Waals surface area contributed by atoms with Crippen LogP contribution in [0.2, 0.25) is 10.0 Å². The summed E-state index contributed by atoms with van der Waals surface area (Å²) in [6.07, 6.45) is 0. The van der Waals surface area contributed by atoms with Crippen molar-refractivity contribution >= 4 is 50.8 Å². The standard InChI is InChI=1S/C19H18Cl2N2O6S/c20-16-6-2-5-15(18(16)21)19(25)29-12-17(24)22-13-3-1-4-14(11-13)30(26,27)23-7-9-28-10-8-23/h1-6,11H,7-10,12H2,(H,22,24). The number of nitrogens with zero attached hydrogens (tertiary/aromatic N) is 1. The molecule has 2 aromatic rings. The van der Waals surface area contributed by atoms with Crippen molar-refractivity contribution in [2.75, 3.05) is 38.2 Å². The van der Waals surface area contributed by atoms with Gasteiger partial charge in [-0.3, -0.25) is 4.79 Å². The van der Waals surface area contributed by atoms with Crippen molar-refractivity contribution < 1.29 is 27.5 Å². The maximum absolute atomic E-state index is 12.7. The average molecular weight is 473 g/mol. The molecular weight excluding hydrogens is 455 g/mol. The highest BCUT2D eigenvalue weighted by Gasteiger charge is 2.26. The maximum atomic E-state index is 12.7. The number of hydrogen-bond acceptors (Lipinski definition) is 6. The molecule has 1 aliphatic heterocycles. The van der Waals surface area contributed by atoms with Gasteiger partial charge >= 0.3 is 5.97 Å². The average Bonchev–Trinajstić information content (AvgIpc) is 2.75. The molecule has 3 rings (SSSR count). The van der Waals surface area contributed by atoms with E-state index in [9.17, 15) is 18.0 Å². The summed E-state index contributed by atoms with van der Waals surface area (Å²) in [7, 11) is -3.70. The minimum Gasteiger partial charge on any atom is -0.452 e. The molecule has 0 aromatic heterocycles. The van der Waals surface area contributed by atoms with E-state index in [4.69, 9.17) is 32.7 Å². The molecule has 0 unspecified atom stereocenters. The Kier molecular flexibility index (Phi) is 7.32. The molecule has 8 nitrogen and oxygen atoms in total. The van der Waals surface area contributed by atoms with E-state index in [0.29, 0.717) is 13.2 Å². The molecule has 160 valence electrons. The Balaban J connectivity index is 1.62. The largest absolute Gasteiger partial charge is 0.452 e. The van der Waals surface area contributed by atoms with Crippen LogP contribution in [0, 0.1) is 0 Å². The first kappa shape index (κ1) is 22.5. The lowest BCUT2D eigenvalue weighted by atomic mass is 10.2. The Morgan fingerprint density at radius 3 is 2.53 bits per heavy atom. The van der Waals surface area contributed by atoms with Gasteiger partial charge in [-0.25, -0.2) is 13.2 Å². The van der Waals surface area contributed by atoms with Crippen LogP contribution in [0.3, 0.4) is 0 Å². The van der Waals surface area contributed by atoms with E-state index in [1.165, 1.54) is 46.8 Å². The molecule has 1 saturated heterocycles. The Bertz CT molecular complexity index is 1050.